The lowest BCUT2D eigenvalue weighted by Gasteiger charge is -2.35. The third-order valence-electron chi connectivity index (χ3n) is 15.0. The highest BCUT2D eigenvalue weighted by molar-refractivity contribution is 6.32. The molecule has 6 heterocycles. The van der Waals surface area contributed by atoms with Crippen molar-refractivity contribution in [2.75, 3.05) is 13.7 Å². The molecule has 472 valence electrons. The molecule has 6 aliphatic heterocycles. The second kappa shape index (κ2) is 26.3. The predicted molar refractivity (Wildman–Crippen MR) is 307 cm³/mol. The Morgan fingerprint density at radius 1 is 0.674 bits per heavy atom. The molecule has 5 aromatic rings. The number of carboxylic acid groups (broad SMARTS) is 1. The molecule has 1 saturated heterocycles. The van der Waals surface area contributed by atoms with Gasteiger partial charge in [0.25, 0.3) is 0 Å². The van der Waals surface area contributed by atoms with Gasteiger partial charge in [0, 0.05) is 22.8 Å². The van der Waals surface area contributed by atoms with Gasteiger partial charge >= 0.3 is 5.97 Å². The van der Waals surface area contributed by atoms with Crippen molar-refractivity contribution in [3.8, 4) is 57.1 Å². The third-order valence-corrected chi connectivity index (χ3v) is 15.6. The van der Waals surface area contributed by atoms with Gasteiger partial charge in [-0.05, 0) is 96.2 Å². The van der Waals surface area contributed by atoms with E-state index in [4.69, 9.17) is 47.9 Å². The zero-order valence-corrected chi connectivity index (χ0v) is 48.5. The summed E-state index contributed by atoms with van der Waals surface area (Å²) in [6.07, 6.45) is -12.4. The fourth-order valence-electron chi connectivity index (χ4n) is 10.4. The number of aliphatic hydroxyl groups is 5. The largest absolute Gasteiger partial charge is 0.508 e. The Morgan fingerprint density at radius 3 is 1.87 bits per heavy atom. The van der Waals surface area contributed by atoms with Gasteiger partial charge in [-0.2, -0.15) is 0 Å². The topological polar surface area (TPSA) is 466 Å². The van der Waals surface area contributed by atoms with E-state index < -0.39 is 201 Å². The summed E-state index contributed by atoms with van der Waals surface area (Å²) in [6.45, 7) is 3.03. The van der Waals surface area contributed by atoms with Crippen molar-refractivity contribution in [3.63, 3.8) is 0 Å². The number of hydrogen-bond donors (Lipinski definition) is 17. The normalized spacial score (nSPS) is 25.7. The maximum absolute atomic E-state index is 15.7. The summed E-state index contributed by atoms with van der Waals surface area (Å²) in [7, 11) is 1.48. The van der Waals surface area contributed by atoms with Crippen LogP contribution in [0, 0.1) is 5.92 Å². The molecule has 89 heavy (non-hydrogen) atoms. The SMILES string of the molecule is CN[C@H](CC(C)C)C(=O)N[C@H]1C(=O)N[C@@H](CC(N)=O)C(=O)N[C@H]2C(=O)N[C@H]3C(=O)N[C@H](C(=O)N[C@H](C(=O)O)c4cc(O)cc(O)c4-c4cc3ccc4O)[C@H](O)c3ccc(c(Cl)c3)Oc3cc2cc(c3O[C@@H]2OC[C@@H](O)[C@H](O)[C@H]2O)Oc2ccc(cc2Cl)[C@H]1O. The number of carboxylic acids is 1. The van der Waals surface area contributed by atoms with Crippen LogP contribution < -0.4 is 57.2 Å². The smallest absolute Gasteiger partial charge is 0.330 e. The van der Waals surface area contributed by atoms with Crippen molar-refractivity contribution in [1.82, 2.24) is 37.2 Å². The summed E-state index contributed by atoms with van der Waals surface area (Å²) in [5.74, 6) is -15.4. The zero-order chi connectivity index (χ0) is 64.6. The van der Waals surface area contributed by atoms with E-state index >= 15 is 14.4 Å². The van der Waals surface area contributed by atoms with Crippen molar-refractivity contribution >= 4 is 70.5 Å². The van der Waals surface area contributed by atoms with Gasteiger partial charge in [-0.1, -0.05) is 55.2 Å². The number of aromatic hydroxyl groups is 3. The Morgan fingerprint density at radius 2 is 1.27 bits per heavy atom. The van der Waals surface area contributed by atoms with Crippen LogP contribution in [0.1, 0.15) is 84.8 Å². The Bertz CT molecular complexity index is 3670. The molecule has 5 aromatic carbocycles. The lowest BCUT2D eigenvalue weighted by atomic mass is 9.89. The van der Waals surface area contributed by atoms with Gasteiger partial charge in [0.2, 0.25) is 53.4 Å². The molecule has 11 rings (SSSR count). The van der Waals surface area contributed by atoms with Crippen LogP contribution >= 0.6 is 23.2 Å². The molecule has 13 atom stereocenters. The summed E-state index contributed by atoms with van der Waals surface area (Å²) in [5.41, 5.74) is 3.04. The number of aliphatic carboxylic acids is 1. The van der Waals surface area contributed by atoms with Crippen molar-refractivity contribution in [2.45, 2.75) is 106 Å². The number of amides is 7. The van der Waals surface area contributed by atoms with Gasteiger partial charge in [0.1, 0.15) is 89.5 Å². The molecule has 0 unspecified atom stereocenters. The number of aliphatic hydroxyl groups excluding tert-OH is 5. The van der Waals surface area contributed by atoms with E-state index in [0.29, 0.717) is 0 Å². The number of carbonyl (C=O) groups excluding carboxylic acids is 7. The Balaban J connectivity index is 1.31. The lowest BCUT2D eigenvalue weighted by Crippen LogP contribution is -2.59. The van der Waals surface area contributed by atoms with E-state index in [1.807, 2.05) is 13.8 Å². The number of nitrogens with two attached hydrogens (primary N) is 1. The standard InChI is InChI=1S/C58H60Cl2N8O21/c1-20(2)10-30(62-3)51(78)67-44-46(74)22-5-8-35(28(59)12-22)87-37-14-24-15-38(50(37)89-58-49(77)48(76)34(72)19-86-58)88-36-9-6-23(13-29(36)60)47(75)45-56(83)66-43(57(84)85)27-16-25(69)17-33(71)40(27)26-11-21(4-7-32(26)70)41(53(80)68-45)65-54(81)42(24)64-52(79)31(18-39(61)73)63-55(44)82/h4-9,11-17,20,30-31,34,41-49,58,62,69-72,74-77H,10,18-19H2,1-3H3,(H2,61,73)(H,63,82)(H,64,79)(H,65,81)(H,66,83)(H,67,78)(H,68,80)(H,84,85)/t30-,31+,34-,41-,42-,43+,44-,45+,46-,47-,48+,49-,58+/m1/s1. The van der Waals surface area contributed by atoms with Gasteiger partial charge < -0.3 is 108 Å². The number of halogens is 2. The molecule has 29 nitrogen and oxygen atoms in total. The summed E-state index contributed by atoms with van der Waals surface area (Å²) < 4.78 is 24.7. The lowest BCUT2D eigenvalue weighted by molar-refractivity contribution is -0.242. The highest BCUT2D eigenvalue weighted by Gasteiger charge is 2.44. The first-order valence-corrected chi connectivity index (χ1v) is 28.1. The van der Waals surface area contributed by atoms with E-state index in [1.165, 1.54) is 19.2 Å². The minimum Gasteiger partial charge on any atom is -0.508 e. The number of phenols is 3. The number of hydrogen-bond acceptors (Lipinski definition) is 21. The van der Waals surface area contributed by atoms with E-state index in [9.17, 15) is 69.9 Å². The summed E-state index contributed by atoms with van der Waals surface area (Å²) >= 11 is 13.8. The second-order valence-corrected chi connectivity index (χ2v) is 22.5. The number of carbonyl (C=O) groups is 8. The van der Waals surface area contributed by atoms with Crippen LogP contribution in [-0.4, -0.2) is 156 Å². The molecular weight excluding hydrogens is 1220 g/mol. The maximum atomic E-state index is 15.7. The van der Waals surface area contributed by atoms with Crippen molar-refractivity contribution in [1.29, 1.82) is 0 Å². The highest BCUT2D eigenvalue weighted by atomic mass is 35.5. The Kier molecular flexibility index (Phi) is 19.1. The molecule has 11 bridgehead atoms. The zero-order valence-electron chi connectivity index (χ0n) is 47.0. The van der Waals surface area contributed by atoms with Gasteiger partial charge in [0.15, 0.2) is 17.5 Å². The molecule has 31 heteroatoms. The first-order chi connectivity index (χ1) is 42.1. The number of nitrogens with one attached hydrogen (secondary N) is 7. The molecular formula is C58H60Cl2N8O21. The fourth-order valence-corrected chi connectivity index (χ4v) is 10.9. The summed E-state index contributed by atoms with van der Waals surface area (Å²) in [4.78, 5) is 115. The number of benzene rings is 5. The summed E-state index contributed by atoms with van der Waals surface area (Å²) in [6, 6.07) is -0.189. The van der Waals surface area contributed by atoms with Crippen LogP contribution in [0.4, 0.5) is 0 Å². The monoisotopic (exact) mass is 1270 g/mol. The first-order valence-electron chi connectivity index (χ1n) is 27.3. The molecule has 0 saturated carbocycles. The van der Waals surface area contributed by atoms with Crippen LogP contribution in [-0.2, 0) is 43.1 Å². The molecule has 18 N–H and O–H groups in total. The minimum absolute atomic E-state index is 0.0709. The summed E-state index contributed by atoms with van der Waals surface area (Å²) in [5, 5.41) is 117. The minimum atomic E-state index is -2.27. The van der Waals surface area contributed by atoms with Crippen LogP contribution in [0.2, 0.25) is 10.0 Å². The van der Waals surface area contributed by atoms with Crippen LogP contribution in [0.25, 0.3) is 11.1 Å². The third kappa shape index (κ3) is 13.7. The molecule has 0 spiro atoms. The maximum Gasteiger partial charge on any atom is 0.330 e. The van der Waals surface area contributed by atoms with Gasteiger partial charge in [-0.25, -0.2) is 4.79 Å². The van der Waals surface area contributed by atoms with E-state index in [1.54, 1.807) is 0 Å². The molecule has 1 fully saturated rings. The number of phenolic OH excluding ortho intramolecular Hbond substituents is 3. The first kappa shape index (κ1) is 64.4. The number of likely N-dealkylation sites (N-methyl/N-ethyl adjacent to an activating group) is 1. The number of primary amides is 1. The van der Waals surface area contributed by atoms with Gasteiger partial charge in [-0.15, -0.1) is 0 Å². The predicted octanol–water partition coefficient (Wildman–Crippen LogP) is 0.508. The van der Waals surface area contributed by atoms with Gasteiger partial charge in [-0.3, -0.25) is 33.6 Å². The van der Waals surface area contributed by atoms with Crippen molar-refractivity contribution in [2.24, 2.45) is 11.7 Å². The van der Waals surface area contributed by atoms with Crippen molar-refractivity contribution in [3.05, 3.63) is 117 Å². The molecule has 0 aromatic heterocycles. The second-order valence-electron chi connectivity index (χ2n) is 21.7. The van der Waals surface area contributed by atoms with E-state index in [-0.39, 0.29) is 45.6 Å². The van der Waals surface area contributed by atoms with Crippen molar-refractivity contribution < 1.29 is 103 Å². The number of fused-ring (bicyclic) bond motifs is 15. The Hall–Kier alpha value is -9.04. The highest BCUT2D eigenvalue weighted by Crippen LogP contribution is 2.49. The van der Waals surface area contributed by atoms with Crippen LogP contribution in [0.3, 0.4) is 0 Å². The van der Waals surface area contributed by atoms with Crippen LogP contribution in [0.5, 0.6) is 46.0 Å². The fraction of sp³-hybridized carbons (Fsp3) is 0.345. The number of rotatable bonds is 10. The van der Waals surface area contributed by atoms with Crippen LogP contribution in [0.15, 0.2) is 78.9 Å². The average molecular weight is 1280 g/mol. The quantitative estimate of drug-likeness (QED) is 0.0905. The average Bonchev–Trinajstić information content (AvgIpc) is 1.08. The van der Waals surface area contributed by atoms with E-state index in [0.717, 1.165) is 66.7 Å². The molecule has 0 aliphatic carbocycles. The molecule has 0 radical (unpaired) electrons. The number of ether oxygens (including phenoxy) is 4. The molecule has 7 amide bonds. The molecule has 6 aliphatic rings. The Labute approximate surface area is 514 Å². The van der Waals surface area contributed by atoms with Gasteiger partial charge in [0.05, 0.1) is 29.1 Å². The van der Waals surface area contributed by atoms with E-state index in [2.05, 4.69) is 37.2 Å².